The standard InChI is InChI=1S/C28H37N7O5/c1-5-20-7-9-21(10-8-20)14-35-19(4)24(31-32-35)26(39)34-12-6-11-28(34)16-33(27(28)40)15-22(37)30-23(25(29)38)17(2)13-18(3)36/h7-10,17,23H,5-6,11-16H2,1-4H3,(H2,29,38)(H,30,37)/t17-,23?,28?/m0/s1. The van der Waals surface area contributed by atoms with E-state index in [1.165, 1.54) is 17.4 Å². The molecule has 2 unspecified atom stereocenters. The molecule has 0 aliphatic carbocycles. The van der Waals surface area contributed by atoms with Crippen LogP contribution in [0.3, 0.4) is 0 Å². The van der Waals surface area contributed by atoms with E-state index in [4.69, 9.17) is 5.73 Å². The molecule has 0 radical (unpaired) electrons. The van der Waals surface area contributed by atoms with Crippen LogP contribution < -0.4 is 11.1 Å². The summed E-state index contributed by atoms with van der Waals surface area (Å²) in [6.07, 6.45) is 2.19. The molecular weight excluding hydrogens is 514 g/mol. The minimum absolute atomic E-state index is 0.0892. The lowest BCUT2D eigenvalue weighted by Crippen LogP contribution is -2.73. The lowest BCUT2D eigenvalue weighted by Gasteiger charge is -2.50. The molecule has 3 atom stereocenters. The van der Waals surface area contributed by atoms with Crippen LogP contribution in [0, 0.1) is 12.8 Å². The van der Waals surface area contributed by atoms with Crippen molar-refractivity contribution in [3.63, 3.8) is 0 Å². The Balaban J connectivity index is 1.40. The van der Waals surface area contributed by atoms with Gasteiger partial charge >= 0.3 is 0 Å². The van der Waals surface area contributed by atoms with Crippen molar-refractivity contribution in [2.45, 2.75) is 71.5 Å². The summed E-state index contributed by atoms with van der Waals surface area (Å²) >= 11 is 0. The zero-order chi connectivity index (χ0) is 29.2. The number of likely N-dealkylation sites (tertiary alicyclic amines) is 2. The molecule has 3 N–H and O–H groups in total. The zero-order valence-electron chi connectivity index (χ0n) is 23.5. The van der Waals surface area contributed by atoms with E-state index in [2.05, 4.69) is 34.7 Å². The fraction of sp³-hybridized carbons (Fsp3) is 0.536. The summed E-state index contributed by atoms with van der Waals surface area (Å²) in [5.41, 5.74) is 7.52. The number of hydrogen-bond acceptors (Lipinski definition) is 7. The second-order valence-electron chi connectivity index (χ2n) is 10.9. The monoisotopic (exact) mass is 551 g/mol. The van der Waals surface area contributed by atoms with Crippen LogP contribution in [0.1, 0.15) is 67.3 Å². The summed E-state index contributed by atoms with van der Waals surface area (Å²) in [7, 11) is 0. The average molecular weight is 552 g/mol. The highest BCUT2D eigenvalue weighted by Gasteiger charge is 2.60. The number of nitrogens with two attached hydrogens (primary N) is 1. The fourth-order valence-corrected chi connectivity index (χ4v) is 5.69. The number of ketones is 1. The quantitative estimate of drug-likeness (QED) is 0.387. The van der Waals surface area contributed by atoms with Crippen molar-refractivity contribution in [3.8, 4) is 0 Å². The highest BCUT2D eigenvalue weighted by Crippen LogP contribution is 2.39. The van der Waals surface area contributed by atoms with E-state index < -0.39 is 29.3 Å². The van der Waals surface area contributed by atoms with Crippen molar-refractivity contribution in [2.24, 2.45) is 11.7 Å². The van der Waals surface area contributed by atoms with Crippen LogP contribution in [0.2, 0.25) is 0 Å². The molecule has 12 nitrogen and oxygen atoms in total. The molecule has 2 aliphatic rings. The van der Waals surface area contributed by atoms with E-state index in [1.807, 2.05) is 12.1 Å². The van der Waals surface area contributed by atoms with Crippen LogP contribution >= 0.6 is 0 Å². The van der Waals surface area contributed by atoms with E-state index in [0.29, 0.717) is 31.6 Å². The Bertz CT molecular complexity index is 1320. The van der Waals surface area contributed by atoms with Crippen LogP contribution in [0.25, 0.3) is 0 Å². The topological polar surface area (TPSA) is 161 Å². The molecule has 0 bridgehead atoms. The smallest absolute Gasteiger partial charge is 0.277 e. The third-order valence-corrected chi connectivity index (χ3v) is 7.96. The van der Waals surface area contributed by atoms with Crippen LogP contribution in [-0.2, 0) is 32.1 Å². The number of hydrogen-bond donors (Lipinski definition) is 2. The molecule has 0 saturated carbocycles. The number of carbonyl (C=O) groups is 5. The minimum Gasteiger partial charge on any atom is -0.368 e. The van der Waals surface area contributed by atoms with E-state index >= 15 is 0 Å². The second-order valence-corrected chi connectivity index (χ2v) is 10.9. The Labute approximate surface area is 233 Å². The summed E-state index contributed by atoms with van der Waals surface area (Å²) in [6.45, 7) is 7.75. The molecule has 2 saturated heterocycles. The normalized spacial score (nSPS) is 19.9. The number of rotatable bonds is 11. The van der Waals surface area contributed by atoms with Crippen LogP contribution in [0.4, 0.5) is 0 Å². The first-order valence-corrected chi connectivity index (χ1v) is 13.6. The molecule has 2 fully saturated rings. The lowest BCUT2D eigenvalue weighted by atomic mass is 9.85. The van der Waals surface area contributed by atoms with Gasteiger partial charge in [-0.2, -0.15) is 0 Å². The van der Waals surface area contributed by atoms with Crippen LogP contribution in [0.15, 0.2) is 24.3 Å². The number of benzene rings is 1. The van der Waals surface area contributed by atoms with E-state index in [1.54, 1.807) is 23.4 Å². The molecule has 4 amide bonds. The largest absolute Gasteiger partial charge is 0.368 e. The van der Waals surface area contributed by atoms with Gasteiger partial charge in [0.05, 0.1) is 25.3 Å². The van der Waals surface area contributed by atoms with Crippen molar-refractivity contribution in [2.75, 3.05) is 19.6 Å². The van der Waals surface area contributed by atoms with Gasteiger partial charge in [-0.1, -0.05) is 43.3 Å². The van der Waals surface area contributed by atoms with Gasteiger partial charge < -0.3 is 25.6 Å². The number of nitrogens with zero attached hydrogens (tertiary/aromatic N) is 5. The van der Waals surface area contributed by atoms with Gasteiger partial charge in [0.2, 0.25) is 11.8 Å². The number of carbonyl (C=O) groups excluding carboxylic acids is 5. The van der Waals surface area contributed by atoms with E-state index in [0.717, 1.165) is 12.0 Å². The Morgan fingerprint density at radius 3 is 2.42 bits per heavy atom. The lowest BCUT2D eigenvalue weighted by molar-refractivity contribution is -0.161. The van der Waals surface area contributed by atoms with E-state index in [-0.39, 0.29) is 42.8 Å². The summed E-state index contributed by atoms with van der Waals surface area (Å²) in [5.74, 6) is -2.58. The first-order chi connectivity index (χ1) is 19.0. The first-order valence-electron chi connectivity index (χ1n) is 13.6. The predicted molar refractivity (Wildman–Crippen MR) is 145 cm³/mol. The third-order valence-electron chi connectivity index (χ3n) is 7.96. The molecule has 214 valence electrons. The number of primary amides is 1. The van der Waals surface area contributed by atoms with Gasteiger partial charge in [0, 0.05) is 13.0 Å². The fourth-order valence-electron chi connectivity index (χ4n) is 5.69. The number of nitrogens with one attached hydrogen (secondary N) is 1. The Morgan fingerprint density at radius 2 is 1.82 bits per heavy atom. The summed E-state index contributed by atoms with van der Waals surface area (Å²) < 4.78 is 1.68. The van der Waals surface area contributed by atoms with Gasteiger partial charge in [-0.25, -0.2) is 4.68 Å². The molecular formula is C28H37N7O5. The van der Waals surface area contributed by atoms with Gasteiger partial charge in [-0.3, -0.25) is 19.2 Å². The number of Topliss-reactive ketones (excluding diaryl/α,β-unsaturated/α-hetero) is 1. The molecule has 40 heavy (non-hydrogen) atoms. The number of aryl methyl sites for hydroxylation is 1. The minimum atomic E-state index is -1.03. The second kappa shape index (κ2) is 11.6. The SMILES string of the molecule is CCc1ccc(Cn2nnc(C(=O)N3CCCC34CN(CC(=O)NC(C(N)=O)[C@@H](C)CC(C)=O)C4=O)c2C)cc1. The highest BCUT2D eigenvalue weighted by atomic mass is 16.2. The molecule has 4 rings (SSSR count). The third kappa shape index (κ3) is 5.61. The Hall–Kier alpha value is -4.09. The van der Waals surface area contributed by atoms with Crippen molar-refractivity contribution < 1.29 is 24.0 Å². The Kier molecular flexibility index (Phi) is 8.36. The van der Waals surface area contributed by atoms with E-state index in [9.17, 15) is 24.0 Å². The number of aromatic nitrogens is 3. The van der Waals surface area contributed by atoms with Gasteiger partial charge in [-0.05, 0) is 50.2 Å². The average Bonchev–Trinajstić information content (AvgIpc) is 3.51. The maximum atomic E-state index is 13.6. The van der Waals surface area contributed by atoms with Crippen molar-refractivity contribution in [3.05, 3.63) is 46.8 Å². The molecule has 1 spiro atoms. The summed E-state index contributed by atoms with van der Waals surface area (Å²) in [5, 5.41) is 10.9. The van der Waals surface area contributed by atoms with Crippen LogP contribution in [0.5, 0.6) is 0 Å². The number of amides is 4. The van der Waals surface area contributed by atoms with Crippen molar-refractivity contribution in [1.29, 1.82) is 0 Å². The van der Waals surface area contributed by atoms with Crippen molar-refractivity contribution in [1.82, 2.24) is 30.1 Å². The van der Waals surface area contributed by atoms with Gasteiger partial charge in [0.25, 0.3) is 11.8 Å². The van der Waals surface area contributed by atoms with Gasteiger partial charge in [0.15, 0.2) is 5.69 Å². The Morgan fingerprint density at radius 1 is 1.15 bits per heavy atom. The predicted octanol–water partition coefficient (Wildman–Crippen LogP) is 0.600. The maximum absolute atomic E-state index is 13.6. The molecule has 3 heterocycles. The van der Waals surface area contributed by atoms with Gasteiger partial charge in [0.1, 0.15) is 17.4 Å². The first kappa shape index (κ1) is 28.9. The highest BCUT2D eigenvalue weighted by molar-refractivity contribution is 6.03. The maximum Gasteiger partial charge on any atom is 0.277 e. The van der Waals surface area contributed by atoms with Crippen molar-refractivity contribution >= 4 is 29.4 Å². The molecule has 1 aromatic heterocycles. The molecule has 12 heteroatoms. The molecule has 1 aromatic carbocycles. The van der Waals surface area contributed by atoms with Gasteiger partial charge in [-0.15, -0.1) is 5.10 Å². The number of β-lactam (4-membered cyclic amide) rings is 1. The molecule has 2 aliphatic heterocycles. The molecule has 2 aromatic rings. The summed E-state index contributed by atoms with van der Waals surface area (Å²) in [6, 6.07) is 7.17. The zero-order valence-corrected chi connectivity index (χ0v) is 23.5. The summed E-state index contributed by atoms with van der Waals surface area (Å²) in [4.78, 5) is 65.8. The van der Waals surface area contributed by atoms with Crippen LogP contribution in [-0.4, -0.2) is 85.4 Å².